The first-order valence-corrected chi connectivity index (χ1v) is 8.40. The minimum Gasteiger partial charge on any atom is -0.387 e. The maximum atomic E-state index is 12.1. The molecule has 0 bridgehead atoms. The Morgan fingerprint density at radius 2 is 1.85 bits per heavy atom. The van der Waals surface area contributed by atoms with Crippen LogP contribution < -0.4 is 10.6 Å². The standard InChI is InChI=1S/C18H20N4O5/c23-15-14(9-19-17(25)13-6-7-21-22-8-13)27-11-18(15,26)10-20-16(24)12-4-2-1-3-5-12/h1-8,14-15,23,26H,9-11H2,(H,19,25)(H,20,24)/t14-,15-,18+/m1/s1. The molecular formula is C18H20N4O5. The first-order valence-electron chi connectivity index (χ1n) is 8.40. The molecule has 1 saturated heterocycles. The van der Waals surface area contributed by atoms with Crippen molar-refractivity contribution in [2.45, 2.75) is 17.8 Å². The highest BCUT2D eigenvalue weighted by Crippen LogP contribution is 2.24. The van der Waals surface area contributed by atoms with Crippen molar-refractivity contribution in [3.63, 3.8) is 0 Å². The lowest BCUT2D eigenvalue weighted by molar-refractivity contribution is -0.0464. The summed E-state index contributed by atoms with van der Waals surface area (Å²) in [5.74, 6) is -0.758. The van der Waals surface area contributed by atoms with Crippen LogP contribution in [0.15, 0.2) is 48.8 Å². The number of hydrogen-bond donors (Lipinski definition) is 4. The number of nitrogens with zero attached hydrogens (tertiary/aromatic N) is 2. The lowest BCUT2D eigenvalue weighted by Gasteiger charge is -2.26. The van der Waals surface area contributed by atoms with Gasteiger partial charge < -0.3 is 25.6 Å². The van der Waals surface area contributed by atoms with E-state index in [9.17, 15) is 19.8 Å². The highest BCUT2D eigenvalue weighted by Gasteiger charge is 2.48. The molecule has 1 aliphatic heterocycles. The van der Waals surface area contributed by atoms with Gasteiger partial charge in [-0.1, -0.05) is 18.2 Å². The third-order valence-electron chi connectivity index (χ3n) is 4.35. The minimum absolute atomic E-state index is 0.00271. The number of carbonyl (C=O) groups is 2. The van der Waals surface area contributed by atoms with Gasteiger partial charge in [0.05, 0.1) is 31.1 Å². The molecule has 2 heterocycles. The zero-order valence-corrected chi connectivity index (χ0v) is 14.4. The predicted molar refractivity (Wildman–Crippen MR) is 93.8 cm³/mol. The number of amides is 2. The number of ether oxygens (including phenoxy) is 1. The molecule has 1 aliphatic rings. The molecule has 3 rings (SSSR count). The van der Waals surface area contributed by atoms with Crippen molar-refractivity contribution in [1.82, 2.24) is 20.8 Å². The van der Waals surface area contributed by atoms with E-state index in [2.05, 4.69) is 20.8 Å². The largest absolute Gasteiger partial charge is 0.387 e. The van der Waals surface area contributed by atoms with Gasteiger partial charge in [-0.3, -0.25) is 9.59 Å². The van der Waals surface area contributed by atoms with Gasteiger partial charge in [-0.05, 0) is 18.2 Å². The first-order chi connectivity index (χ1) is 13.0. The monoisotopic (exact) mass is 372 g/mol. The number of hydrogen-bond acceptors (Lipinski definition) is 7. The van der Waals surface area contributed by atoms with Gasteiger partial charge in [0, 0.05) is 12.1 Å². The normalized spacial score (nSPS) is 24.4. The van der Waals surface area contributed by atoms with Gasteiger partial charge in [-0.15, -0.1) is 0 Å². The lowest BCUT2D eigenvalue weighted by Crippen LogP contribution is -2.53. The fourth-order valence-corrected chi connectivity index (χ4v) is 2.75. The average Bonchev–Trinajstić information content (AvgIpc) is 3.00. The van der Waals surface area contributed by atoms with Crippen LogP contribution in [0.1, 0.15) is 20.7 Å². The molecule has 27 heavy (non-hydrogen) atoms. The molecule has 3 atom stereocenters. The van der Waals surface area contributed by atoms with Crippen LogP contribution in [0.5, 0.6) is 0 Å². The molecule has 9 nitrogen and oxygen atoms in total. The molecular weight excluding hydrogens is 352 g/mol. The van der Waals surface area contributed by atoms with Crippen LogP contribution >= 0.6 is 0 Å². The number of rotatable bonds is 6. The van der Waals surface area contributed by atoms with E-state index in [1.807, 2.05) is 0 Å². The maximum Gasteiger partial charge on any atom is 0.253 e. The Balaban J connectivity index is 1.51. The predicted octanol–water partition coefficient (Wildman–Crippen LogP) is -0.873. The topological polar surface area (TPSA) is 134 Å². The van der Waals surface area contributed by atoms with Crippen LogP contribution in [-0.4, -0.2) is 69.7 Å². The third kappa shape index (κ3) is 4.45. The smallest absolute Gasteiger partial charge is 0.253 e. The van der Waals surface area contributed by atoms with Crippen LogP contribution in [0.25, 0.3) is 0 Å². The molecule has 0 saturated carbocycles. The first kappa shape index (κ1) is 18.9. The molecule has 9 heteroatoms. The van der Waals surface area contributed by atoms with E-state index in [1.165, 1.54) is 18.5 Å². The van der Waals surface area contributed by atoms with E-state index in [4.69, 9.17) is 4.74 Å². The molecule has 0 spiro atoms. The van der Waals surface area contributed by atoms with Crippen molar-refractivity contribution in [3.8, 4) is 0 Å². The summed E-state index contributed by atoms with van der Waals surface area (Å²) in [6.45, 7) is -0.349. The van der Waals surface area contributed by atoms with Crippen molar-refractivity contribution in [2.75, 3.05) is 19.7 Å². The molecule has 0 aliphatic carbocycles. The van der Waals surface area contributed by atoms with Gasteiger partial charge >= 0.3 is 0 Å². The second kappa shape index (κ2) is 8.21. The summed E-state index contributed by atoms with van der Waals surface area (Å²) >= 11 is 0. The molecule has 142 valence electrons. The zero-order valence-electron chi connectivity index (χ0n) is 14.4. The van der Waals surface area contributed by atoms with Crippen LogP contribution in [0.3, 0.4) is 0 Å². The summed E-state index contributed by atoms with van der Waals surface area (Å²) in [6.07, 6.45) is 0.632. The maximum absolute atomic E-state index is 12.1. The van der Waals surface area contributed by atoms with Gasteiger partial charge in [0.15, 0.2) is 0 Å². The Kier molecular flexibility index (Phi) is 5.75. The van der Waals surface area contributed by atoms with E-state index >= 15 is 0 Å². The Labute approximate surface area is 155 Å². The van der Waals surface area contributed by atoms with E-state index in [0.717, 1.165) is 0 Å². The van der Waals surface area contributed by atoms with Crippen molar-refractivity contribution in [3.05, 3.63) is 59.9 Å². The van der Waals surface area contributed by atoms with E-state index in [-0.39, 0.29) is 25.6 Å². The number of nitrogens with one attached hydrogen (secondary N) is 2. The number of carbonyl (C=O) groups excluding carboxylic acids is 2. The fourth-order valence-electron chi connectivity index (χ4n) is 2.75. The van der Waals surface area contributed by atoms with Crippen LogP contribution in [0.4, 0.5) is 0 Å². The van der Waals surface area contributed by atoms with Gasteiger partial charge in [0.2, 0.25) is 0 Å². The Morgan fingerprint density at radius 1 is 1.11 bits per heavy atom. The summed E-state index contributed by atoms with van der Waals surface area (Å²) < 4.78 is 5.41. The minimum atomic E-state index is -1.64. The van der Waals surface area contributed by atoms with Crippen molar-refractivity contribution >= 4 is 11.8 Å². The van der Waals surface area contributed by atoms with Gasteiger partial charge in [-0.25, -0.2) is 0 Å². The fraction of sp³-hybridized carbons (Fsp3) is 0.333. The van der Waals surface area contributed by atoms with E-state index < -0.39 is 23.7 Å². The van der Waals surface area contributed by atoms with Gasteiger partial charge in [0.25, 0.3) is 11.8 Å². The Morgan fingerprint density at radius 3 is 2.56 bits per heavy atom. The Bertz CT molecular complexity index is 789. The number of aromatic nitrogens is 2. The Hall–Kier alpha value is -2.88. The van der Waals surface area contributed by atoms with Gasteiger partial charge in [-0.2, -0.15) is 10.2 Å². The van der Waals surface area contributed by atoms with Crippen LogP contribution in [0.2, 0.25) is 0 Å². The molecule has 1 aromatic heterocycles. The van der Waals surface area contributed by atoms with Gasteiger partial charge in [0.1, 0.15) is 17.8 Å². The van der Waals surface area contributed by atoms with Crippen molar-refractivity contribution < 1.29 is 24.5 Å². The summed E-state index contributed by atoms with van der Waals surface area (Å²) in [6, 6.07) is 10.0. The van der Waals surface area contributed by atoms with Crippen molar-refractivity contribution in [1.29, 1.82) is 0 Å². The molecule has 1 aromatic carbocycles. The van der Waals surface area contributed by atoms with Crippen LogP contribution in [-0.2, 0) is 4.74 Å². The van der Waals surface area contributed by atoms with Crippen molar-refractivity contribution in [2.24, 2.45) is 0 Å². The summed E-state index contributed by atoms with van der Waals surface area (Å²) in [7, 11) is 0. The number of aliphatic hydroxyl groups is 2. The molecule has 2 aromatic rings. The second-order valence-corrected chi connectivity index (χ2v) is 6.29. The van der Waals surface area contributed by atoms with Crippen LogP contribution in [0, 0.1) is 0 Å². The second-order valence-electron chi connectivity index (χ2n) is 6.29. The summed E-state index contributed by atoms with van der Waals surface area (Å²) in [4.78, 5) is 24.1. The summed E-state index contributed by atoms with van der Waals surface area (Å²) in [5, 5.41) is 33.4. The SMILES string of the molecule is O=C(NC[C@H]1OC[C@@](O)(CNC(=O)c2ccccc2)[C@@H]1O)c1ccnnc1. The molecule has 2 amide bonds. The van der Waals surface area contributed by atoms with E-state index in [0.29, 0.717) is 11.1 Å². The van der Waals surface area contributed by atoms with E-state index in [1.54, 1.807) is 30.3 Å². The zero-order chi connectivity index (χ0) is 19.3. The molecule has 1 fully saturated rings. The molecule has 0 unspecified atom stereocenters. The molecule has 4 N–H and O–H groups in total. The number of aliphatic hydroxyl groups excluding tert-OH is 1. The average molecular weight is 372 g/mol. The summed E-state index contributed by atoms with van der Waals surface area (Å²) in [5.41, 5.74) is -0.870. The highest BCUT2D eigenvalue weighted by atomic mass is 16.5. The quantitative estimate of drug-likeness (QED) is 0.518. The third-order valence-corrected chi connectivity index (χ3v) is 4.35. The lowest BCUT2D eigenvalue weighted by atomic mass is 9.96. The highest BCUT2D eigenvalue weighted by molar-refractivity contribution is 5.94. The molecule has 0 radical (unpaired) electrons. The number of benzene rings is 1.